The van der Waals surface area contributed by atoms with Crippen molar-refractivity contribution in [3.8, 4) is 0 Å². The van der Waals surface area contributed by atoms with Crippen molar-refractivity contribution in [1.82, 2.24) is 4.90 Å². The van der Waals surface area contributed by atoms with E-state index in [1.165, 1.54) is 0 Å². The number of Topliss-reactive ketones (excluding diaryl/α,β-unsaturated/α-hetero) is 1. The highest BCUT2D eigenvalue weighted by molar-refractivity contribution is 5.98. The number of hydrogen-bond acceptors (Lipinski definition) is 3. The molecule has 5 nitrogen and oxygen atoms in total. The van der Waals surface area contributed by atoms with E-state index in [2.05, 4.69) is 0 Å². The van der Waals surface area contributed by atoms with Crippen LogP contribution in [0.1, 0.15) is 45.5 Å². The molecular weight excluding hydrogens is 342 g/mol. The summed E-state index contributed by atoms with van der Waals surface area (Å²) in [7, 11) is 0. The highest BCUT2D eigenvalue weighted by Gasteiger charge is 2.27. The monoisotopic (exact) mass is 365 g/mol. The highest BCUT2D eigenvalue weighted by Crippen LogP contribution is 2.22. The number of ketones is 1. The minimum atomic E-state index is -0.974. The summed E-state index contributed by atoms with van der Waals surface area (Å²) >= 11 is 0. The molecule has 1 fully saturated rings. The van der Waals surface area contributed by atoms with Gasteiger partial charge in [-0.3, -0.25) is 9.59 Å². The molecule has 1 N–H and O–H groups in total. The molecule has 0 atom stereocenters. The largest absolute Gasteiger partial charge is 0.478 e. The van der Waals surface area contributed by atoms with Crippen molar-refractivity contribution in [3.05, 3.63) is 71.3 Å². The average Bonchev–Trinajstić information content (AvgIpc) is 2.72. The van der Waals surface area contributed by atoms with Crippen LogP contribution >= 0.6 is 0 Å². The van der Waals surface area contributed by atoms with Gasteiger partial charge in [0.2, 0.25) is 5.91 Å². The molecule has 27 heavy (non-hydrogen) atoms. The number of carboxylic acid groups (broad SMARTS) is 1. The molecule has 1 aliphatic rings. The third kappa shape index (κ3) is 4.61. The molecule has 3 rings (SSSR count). The van der Waals surface area contributed by atoms with Crippen molar-refractivity contribution >= 4 is 17.7 Å². The fourth-order valence-electron chi connectivity index (χ4n) is 3.58. The van der Waals surface area contributed by atoms with E-state index in [4.69, 9.17) is 0 Å². The number of amides is 1. The van der Waals surface area contributed by atoms with Crippen LogP contribution in [0.5, 0.6) is 0 Å². The fraction of sp³-hybridized carbons (Fsp3) is 0.318. The van der Waals surface area contributed by atoms with Gasteiger partial charge in [-0.05, 0) is 30.9 Å². The van der Waals surface area contributed by atoms with Gasteiger partial charge in [0.1, 0.15) is 0 Å². The van der Waals surface area contributed by atoms with E-state index in [-0.39, 0.29) is 29.6 Å². The second kappa shape index (κ2) is 8.62. The number of aryl methyl sites for hydroxylation is 1. The lowest BCUT2D eigenvalue weighted by atomic mass is 9.88. The summed E-state index contributed by atoms with van der Waals surface area (Å²) in [5.74, 6) is -0.846. The molecule has 0 unspecified atom stereocenters. The van der Waals surface area contributed by atoms with Crippen molar-refractivity contribution in [2.24, 2.45) is 5.92 Å². The van der Waals surface area contributed by atoms with Crippen molar-refractivity contribution in [2.75, 3.05) is 13.1 Å². The van der Waals surface area contributed by atoms with Crippen molar-refractivity contribution < 1.29 is 19.5 Å². The van der Waals surface area contributed by atoms with Crippen LogP contribution in [0.25, 0.3) is 0 Å². The molecular formula is C22H23NO4. The fourth-order valence-corrected chi connectivity index (χ4v) is 3.58. The maximum Gasteiger partial charge on any atom is 0.335 e. The Balaban J connectivity index is 1.52. The third-order valence-electron chi connectivity index (χ3n) is 5.13. The molecule has 0 bridgehead atoms. The van der Waals surface area contributed by atoms with E-state index in [1.54, 1.807) is 29.2 Å². The lowest BCUT2D eigenvalue weighted by Crippen LogP contribution is -2.40. The molecule has 2 aromatic rings. The summed E-state index contributed by atoms with van der Waals surface area (Å²) in [5.41, 5.74) is 1.65. The van der Waals surface area contributed by atoms with Crippen molar-refractivity contribution in [1.29, 1.82) is 0 Å². The van der Waals surface area contributed by atoms with Gasteiger partial charge in [-0.1, -0.05) is 48.5 Å². The maximum atomic E-state index is 12.5. The molecule has 1 heterocycles. The maximum absolute atomic E-state index is 12.5. The molecule has 0 spiro atoms. The van der Waals surface area contributed by atoms with E-state index in [1.807, 2.05) is 30.3 Å². The van der Waals surface area contributed by atoms with Gasteiger partial charge < -0.3 is 10.0 Å². The lowest BCUT2D eigenvalue weighted by Gasteiger charge is -2.31. The summed E-state index contributed by atoms with van der Waals surface area (Å²) in [4.78, 5) is 38.1. The molecule has 5 heteroatoms. The molecule has 0 radical (unpaired) electrons. The molecule has 2 aromatic carbocycles. The van der Waals surface area contributed by atoms with Crippen LogP contribution in [0.4, 0.5) is 0 Å². The van der Waals surface area contributed by atoms with Crippen LogP contribution in [-0.2, 0) is 11.2 Å². The van der Waals surface area contributed by atoms with Gasteiger partial charge in [0.15, 0.2) is 5.78 Å². The Morgan fingerprint density at radius 3 is 2.22 bits per heavy atom. The Kier molecular flexibility index (Phi) is 6.01. The average molecular weight is 365 g/mol. The van der Waals surface area contributed by atoms with Gasteiger partial charge in [-0.2, -0.15) is 0 Å². The third-order valence-corrected chi connectivity index (χ3v) is 5.13. The summed E-state index contributed by atoms with van der Waals surface area (Å²) in [6.45, 7) is 1.14. The summed E-state index contributed by atoms with van der Waals surface area (Å²) in [5, 5.41) is 9.23. The van der Waals surface area contributed by atoms with Crippen LogP contribution in [-0.4, -0.2) is 40.8 Å². The quantitative estimate of drug-likeness (QED) is 0.796. The summed E-state index contributed by atoms with van der Waals surface area (Å²) < 4.78 is 0. The molecule has 140 valence electrons. The number of hydrogen-bond donors (Lipinski definition) is 1. The lowest BCUT2D eigenvalue weighted by molar-refractivity contribution is -0.132. The van der Waals surface area contributed by atoms with Gasteiger partial charge >= 0.3 is 5.97 Å². The van der Waals surface area contributed by atoms with E-state index in [9.17, 15) is 19.5 Å². The minimum Gasteiger partial charge on any atom is -0.478 e. The van der Waals surface area contributed by atoms with Gasteiger partial charge in [-0.15, -0.1) is 0 Å². The standard InChI is InChI=1S/C22H23NO4/c24-20(11-10-16-6-4-5-9-19(16)22(26)27)23-14-12-18(13-15-23)21(25)17-7-2-1-3-8-17/h1-9,18H,10-15H2,(H,26,27). The number of rotatable bonds is 6. The predicted molar refractivity (Wildman–Crippen MR) is 102 cm³/mol. The van der Waals surface area contributed by atoms with Crippen LogP contribution < -0.4 is 0 Å². The van der Waals surface area contributed by atoms with E-state index in [0.717, 1.165) is 5.56 Å². The topological polar surface area (TPSA) is 74.7 Å². The van der Waals surface area contributed by atoms with Crippen molar-refractivity contribution in [3.63, 3.8) is 0 Å². The molecule has 1 amide bonds. The van der Waals surface area contributed by atoms with Gasteiger partial charge in [0.25, 0.3) is 0 Å². The number of likely N-dealkylation sites (tertiary alicyclic amines) is 1. The second-order valence-electron chi connectivity index (χ2n) is 6.85. The van der Waals surface area contributed by atoms with E-state index >= 15 is 0 Å². The number of carbonyl (C=O) groups is 3. The Labute approximate surface area is 158 Å². The first kappa shape index (κ1) is 18.8. The van der Waals surface area contributed by atoms with Gasteiger partial charge in [0.05, 0.1) is 5.56 Å². The molecule has 1 aliphatic heterocycles. The first-order chi connectivity index (χ1) is 13.1. The SMILES string of the molecule is O=C(O)c1ccccc1CCC(=O)N1CCC(C(=O)c2ccccc2)CC1. The van der Waals surface area contributed by atoms with Crippen molar-refractivity contribution in [2.45, 2.75) is 25.7 Å². The number of nitrogens with zero attached hydrogens (tertiary/aromatic N) is 1. The number of piperidine rings is 1. The zero-order valence-corrected chi connectivity index (χ0v) is 15.1. The highest BCUT2D eigenvalue weighted by atomic mass is 16.4. The number of carboxylic acids is 1. The molecule has 0 aromatic heterocycles. The van der Waals surface area contributed by atoms with Crippen LogP contribution in [0.2, 0.25) is 0 Å². The normalized spacial score (nSPS) is 14.7. The Morgan fingerprint density at radius 2 is 1.56 bits per heavy atom. The first-order valence-electron chi connectivity index (χ1n) is 9.24. The number of aromatic carboxylic acids is 1. The second-order valence-corrected chi connectivity index (χ2v) is 6.85. The Bertz CT molecular complexity index is 823. The molecule has 0 aliphatic carbocycles. The van der Waals surface area contributed by atoms with Gasteiger partial charge in [-0.25, -0.2) is 4.79 Å². The van der Waals surface area contributed by atoms with E-state index in [0.29, 0.717) is 37.9 Å². The van der Waals surface area contributed by atoms with E-state index < -0.39 is 5.97 Å². The smallest absolute Gasteiger partial charge is 0.335 e. The summed E-state index contributed by atoms with van der Waals surface area (Å²) in [6, 6.07) is 16.1. The predicted octanol–water partition coefficient (Wildman–Crippen LogP) is 3.44. The number of benzene rings is 2. The molecule has 0 saturated carbocycles. The Morgan fingerprint density at radius 1 is 0.926 bits per heavy atom. The zero-order chi connectivity index (χ0) is 19.2. The van der Waals surface area contributed by atoms with Crippen LogP contribution in [0, 0.1) is 5.92 Å². The summed E-state index contributed by atoms with van der Waals surface area (Å²) in [6.07, 6.45) is 2.03. The first-order valence-corrected chi connectivity index (χ1v) is 9.24. The Hall–Kier alpha value is -2.95. The van der Waals surface area contributed by atoms with Gasteiger partial charge in [0, 0.05) is 31.0 Å². The number of carbonyl (C=O) groups excluding carboxylic acids is 2. The minimum absolute atomic E-state index is 0.0146. The zero-order valence-electron chi connectivity index (χ0n) is 15.1. The van der Waals surface area contributed by atoms with Crippen LogP contribution in [0.3, 0.4) is 0 Å². The molecule has 1 saturated heterocycles. The van der Waals surface area contributed by atoms with Crippen LogP contribution in [0.15, 0.2) is 54.6 Å².